The van der Waals surface area contributed by atoms with Gasteiger partial charge < -0.3 is 4.98 Å². The van der Waals surface area contributed by atoms with Gasteiger partial charge in [0.2, 0.25) is 11.8 Å². The normalized spacial score (nSPS) is 17.5. The van der Waals surface area contributed by atoms with Gasteiger partial charge in [0.15, 0.2) is 0 Å². The molecule has 4 nitrogen and oxygen atoms in total. The Morgan fingerprint density at radius 1 is 0.885 bits per heavy atom. The number of rotatable bonds is 2. The third-order valence-electron chi connectivity index (χ3n) is 5.13. The van der Waals surface area contributed by atoms with Crippen LogP contribution in [-0.2, 0) is 9.59 Å². The number of imide groups is 1. The minimum absolute atomic E-state index is 0.152. The molecule has 126 valence electrons. The van der Waals surface area contributed by atoms with Gasteiger partial charge in [-0.25, -0.2) is 4.90 Å². The van der Waals surface area contributed by atoms with Crippen LogP contribution in [0, 0.1) is 0 Å². The first-order chi connectivity index (χ1) is 12.7. The highest BCUT2D eigenvalue weighted by Crippen LogP contribution is 2.37. The number of nitrogens with one attached hydrogen (secondary N) is 1. The Morgan fingerprint density at radius 2 is 1.65 bits per heavy atom. The minimum atomic E-state index is -0.440. The van der Waals surface area contributed by atoms with Gasteiger partial charge in [-0.15, -0.1) is 0 Å². The highest BCUT2D eigenvalue weighted by Gasteiger charge is 2.41. The van der Waals surface area contributed by atoms with E-state index < -0.39 is 5.92 Å². The average Bonchev–Trinajstić information content (AvgIpc) is 3.22. The van der Waals surface area contributed by atoms with Crippen molar-refractivity contribution < 1.29 is 9.59 Å². The van der Waals surface area contributed by atoms with Gasteiger partial charge >= 0.3 is 0 Å². The smallest absolute Gasteiger partial charge is 0.241 e. The largest absolute Gasteiger partial charge is 0.361 e. The van der Waals surface area contributed by atoms with Gasteiger partial charge in [0.25, 0.3) is 0 Å². The van der Waals surface area contributed by atoms with Crippen LogP contribution in [0.15, 0.2) is 72.9 Å². The molecule has 3 aromatic carbocycles. The lowest BCUT2D eigenvalue weighted by Gasteiger charge is -2.15. The number of fused-ring (bicyclic) bond motifs is 2. The molecule has 0 aliphatic carbocycles. The van der Waals surface area contributed by atoms with Crippen LogP contribution < -0.4 is 4.90 Å². The first-order valence-corrected chi connectivity index (χ1v) is 8.64. The van der Waals surface area contributed by atoms with E-state index in [0.717, 1.165) is 27.2 Å². The zero-order valence-corrected chi connectivity index (χ0v) is 14.0. The lowest BCUT2D eigenvalue weighted by Crippen LogP contribution is -2.29. The van der Waals surface area contributed by atoms with Crippen LogP contribution in [0.5, 0.6) is 0 Å². The fourth-order valence-electron chi connectivity index (χ4n) is 3.84. The SMILES string of the molecule is O=C1C[C@@H](c2c[nH]c3ccccc23)C(=O)N1c1ccc2ccccc2c1. The van der Waals surface area contributed by atoms with Gasteiger partial charge in [0.1, 0.15) is 0 Å². The van der Waals surface area contributed by atoms with Crippen molar-refractivity contribution in [1.82, 2.24) is 4.98 Å². The van der Waals surface area contributed by atoms with E-state index in [2.05, 4.69) is 4.98 Å². The van der Waals surface area contributed by atoms with Crippen molar-refractivity contribution in [2.75, 3.05) is 4.90 Å². The maximum absolute atomic E-state index is 13.1. The van der Waals surface area contributed by atoms with Crippen molar-refractivity contribution in [3.8, 4) is 0 Å². The molecule has 1 fully saturated rings. The van der Waals surface area contributed by atoms with Crippen molar-refractivity contribution in [3.05, 3.63) is 78.5 Å². The quantitative estimate of drug-likeness (QED) is 0.551. The van der Waals surface area contributed by atoms with E-state index in [1.807, 2.05) is 72.9 Å². The van der Waals surface area contributed by atoms with Crippen molar-refractivity contribution in [2.45, 2.75) is 12.3 Å². The van der Waals surface area contributed by atoms with Gasteiger partial charge in [-0.1, -0.05) is 48.5 Å². The number of nitrogens with zero attached hydrogens (tertiary/aromatic N) is 1. The molecule has 1 aliphatic heterocycles. The maximum Gasteiger partial charge on any atom is 0.241 e. The van der Waals surface area contributed by atoms with E-state index in [4.69, 9.17) is 0 Å². The third kappa shape index (κ3) is 2.15. The number of aromatic nitrogens is 1. The molecule has 0 saturated carbocycles. The molecule has 1 aliphatic rings. The van der Waals surface area contributed by atoms with E-state index >= 15 is 0 Å². The number of hydrogen-bond donors (Lipinski definition) is 1. The van der Waals surface area contributed by atoms with Gasteiger partial charge in [0, 0.05) is 23.5 Å². The van der Waals surface area contributed by atoms with Crippen LogP contribution in [0.25, 0.3) is 21.7 Å². The molecule has 0 radical (unpaired) electrons. The van der Waals surface area contributed by atoms with Crippen molar-refractivity contribution in [2.24, 2.45) is 0 Å². The number of anilines is 1. The van der Waals surface area contributed by atoms with E-state index in [1.165, 1.54) is 4.90 Å². The van der Waals surface area contributed by atoms with Crippen LogP contribution in [0.3, 0.4) is 0 Å². The summed E-state index contributed by atoms with van der Waals surface area (Å²) >= 11 is 0. The number of carbonyl (C=O) groups is 2. The standard InChI is InChI=1S/C22H16N2O2/c25-21-12-18(19-13-23-20-8-4-3-7-17(19)20)22(26)24(21)16-10-9-14-5-1-2-6-15(14)11-16/h1-11,13,18,23H,12H2/t18-/m0/s1. The summed E-state index contributed by atoms with van der Waals surface area (Å²) < 4.78 is 0. The second-order valence-electron chi connectivity index (χ2n) is 6.65. The van der Waals surface area contributed by atoms with Crippen LogP contribution in [0.1, 0.15) is 17.9 Å². The number of benzene rings is 3. The third-order valence-corrected chi connectivity index (χ3v) is 5.13. The summed E-state index contributed by atoms with van der Waals surface area (Å²) in [5.74, 6) is -0.749. The number of carbonyl (C=O) groups excluding carboxylic acids is 2. The molecule has 5 rings (SSSR count). The number of para-hydroxylation sites is 1. The molecule has 0 bridgehead atoms. The van der Waals surface area contributed by atoms with Crippen molar-refractivity contribution in [3.63, 3.8) is 0 Å². The lowest BCUT2D eigenvalue weighted by atomic mass is 9.97. The number of H-pyrrole nitrogens is 1. The minimum Gasteiger partial charge on any atom is -0.361 e. The van der Waals surface area contributed by atoms with Crippen LogP contribution in [0.4, 0.5) is 5.69 Å². The molecule has 4 aromatic rings. The number of amides is 2. The predicted molar refractivity (Wildman–Crippen MR) is 102 cm³/mol. The Bertz CT molecular complexity index is 1170. The molecule has 1 N–H and O–H groups in total. The monoisotopic (exact) mass is 340 g/mol. The zero-order chi connectivity index (χ0) is 17.7. The van der Waals surface area contributed by atoms with Crippen molar-refractivity contribution in [1.29, 1.82) is 0 Å². The lowest BCUT2D eigenvalue weighted by molar-refractivity contribution is -0.121. The van der Waals surface area contributed by atoms with E-state index in [0.29, 0.717) is 5.69 Å². The van der Waals surface area contributed by atoms with Gasteiger partial charge in [0.05, 0.1) is 11.6 Å². The molecule has 1 aromatic heterocycles. The Labute approximate surface area is 150 Å². The molecule has 2 heterocycles. The molecule has 0 spiro atoms. The van der Waals surface area contributed by atoms with Gasteiger partial charge in [-0.3, -0.25) is 9.59 Å². The van der Waals surface area contributed by atoms with Gasteiger partial charge in [-0.05, 0) is 34.5 Å². The second-order valence-corrected chi connectivity index (χ2v) is 6.65. The Balaban J connectivity index is 1.56. The molecule has 1 atom stereocenters. The van der Waals surface area contributed by atoms with E-state index in [1.54, 1.807) is 0 Å². The summed E-state index contributed by atoms with van der Waals surface area (Å²) in [5, 5.41) is 3.10. The van der Waals surface area contributed by atoms with E-state index in [9.17, 15) is 9.59 Å². The Kier molecular flexibility index (Phi) is 3.19. The molecule has 1 saturated heterocycles. The highest BCUT2D eigenvalue weighted by atomic mass is 16.2. The second kappa shape index (κ2) is 5.56. The molecule has 0 unspecified atom stereocenters. The average molecular weight is 340 g/mol. The van der Waals surface area contributed by atoms with Crippen molar-refractivity contribution >= 4 is 39.2 Å². The summed E-state index contributed by atoms with van der Waals surface area (Å²) in [5.41, 5.74) is 2.51. The summed E-state index contributed by atoms with van der Waals surface area (Å²) in [6.45, 7) is 0. The number of hydrogen-bond acceptors (Lipinski definition) is 2. The molecular formula is C22H16N2O2. The van der Waals surface area contributed by atoms with E-state index in [-0.39, 0.29) is 18.2 Å². The molecular weight excluding hydrogens is 324 g/mol. The summed E-state index contributed by atoms with van der Waals surface area (Å²) in [7, 11) is 0. The topological polar surface area (TPSA) is 53.2 Å². The first kappa shape index (κ1) is 14.9. The highest BCUT2D eigenvalue weighted by molar-refractivity contribution is 6.23. The van der Waals surface area contributed by atoms with Crippen LogP contribution in [-0.4, -0.2) is 16.8 Å². The molecule has 26 heavy (non-hydrogen) atoms. The Hall–Kier alpha value is -3.40. The number of aromatic amines is 1. The summed E-state index contributed by atoms with van der Waals surface area (Å²) in [4.78, 5) is 30.3. The maximum atomic E-state index is 13.1. The van der Waals surface area contributed by atoms with Crippen LogP contribution >= 0.6 is 0 Å². The zero-order valence-electron chi connectivity index (χ0n) is 14.0. The van der Waals surface area contributed by atoms with Gasteiger partial charge in [-0.2, -0.15) is 0 Å². The summed E-state index contributed by atoms with van der Waals surface area (Å²) in [6, 6.07) is 21.5. The fraction of sp³-hybridized carbons (Fsp3) is 0.0909. The first-order valence-electron chi connectivity index (χ1n) is 8.64. The predicted octanol–water partition coefficient (Wildman–Crippen LogP) is 4.37. The molecule has 2 amide bonds. The van der Waals surface area contributed by atoms with Crippen LogP contribution in [0.2, 0.25) is 0 Å². The molecule has 4 heteroatoms. The Morgan fingerprint density at radius 3 is 2.54 bits per heavy atom. The fourth-order valence-corrected chi connectivity index (χ4v) is 3.84. The summed E-state index contributed by atoms with van der Waals surface area (Å²) in [6.07, 6.45) is 2.05.